The zero-order valence-corrected chi connectivity index (χ0v) is 16.8. The van der Waals surface area contributed by atoms with Crippen LogP contribution in [-0.2, 0) is 0 Å². The summed E-state index contributed by atoms with van der Waals surface area (Å²) in [5.41, 5.74) is 5.45. The Hall–Kier alpha value is -2.26. The van der Waals surface area contributed by atoms with Gasteiger partial charge in [0.1, 0.15) is 5.75 Å². The van der Waals surface area contributed by atoms with E-state index in [0.29, 0.717) is 5.02 Å². The van der Waals surface area contributed by atoms with Crippen LogP contribution in [0.4, 0.5) is 11.4 Å². The first-order chi connectivity index (χ1) is 12.4. The largest absolute Gasteiger partial charge is 0.496 e. The Morgan fingerprint density at radius 3 is 2.65 bits per heavy atom. The number of rotatable bonds is 4. The molecule has 136 valence electrons. The summed E-state index contributed by atoms with van der Waals surface area (Å²) >= 11 is 6.05. The maximum absolute atomic E-state index is 6.05. The fourth-order valence-electron chi connectivity index (χ4n) is 3.68. The molecule has 0 radical (unpaired) electrons. The van der Waals surface area contributed by atoms with Gasteiger partial charge in [0.25, 0.3) is 0 Å². The number of hydrogen-bond acceptors (Lipinski definition) is 3. The first kappa shape index (κ1) is 18.5. The molecule has 0 spiro atoms. The lowest BCUT2D eigenvalue weighted by atomic mass is 9.88. The second-order valence-electron chi connectivity index (χ2n) is 7.07. The van der Waals surface area contributed by atoms with Crippen molar-refractivity contribution in [3.05, 3.63) is 58.6 Å². The number of benzene rings is 2. The van der Waals surface area contributed by atoms with E-state index >= 15 is 0 Å². The first-order valence-corrected chi connectivity index (χ1v) is 9.22. The lowest BCUT2D eigenvalue weighted by Gasteiger charge is -2.43. The minimum Gasteiger partial charge on any atom is -0.496 e. The van der Waals surface area contributed by atoms with Gasteiger partial charge < -0.3 is 9.64 Å². The van der Waals surface area contributed by atoms with Crippen molar-refractivity contribution in [2.45, 2.75) is 33.2 Å². The summed E-state index contributed by atoms with van der Waals surface area (Å²) in [6, 6.07) is 11.8. The number of allylic oxidation sites excluding steroid dienone is 1. The number of likely N-dealkylation sites (N-methyl/N-ethyl adjacent to an activating group) is 1. The summed E-state index contributed by atoms with van der Waals surface area (Å²) in [6.45, 7) is 9.76. The van der Waals surface area contributed by atoms with E-state index in [2.05, 4.69) is 55.8 Å². The summed E-state index contributed by atoms with van der Waals surface area (Å²) in [7, 11) is 1.70. The molecule has 0 saturated heterocycles. The number of methoxy groups -OCH3 is 1. The van der Waals surface area contributed by atoms with Crippen LogP contribution in [0, 0.1) is 0 Å². The lowest BCUT2D eigenvalue weighted by Crippen LogP contribution is -2.44. The predicted octanol–water partition coefficient (Wildman–Crippen LogP) is 6.12. The molecule has 1 heterocycles. The highest BCUT2D eigenvalue weighted by Crippen LogP contribution is 2.41. The van der Waals surface area contributed by atoms with Crippen molar-refractivity contribution in [1.29, 1.82) is 0 Å². The van der Waals surface area contributed by atoms with Gasteiger partial charge in [0.05, 0.1) is 18.3 Å². The van der Waals surface area contributed by atoms with Gasteiger partial charge in [0, 0.05) is 40.7 Å². The standard InChI is InChI=1S/C22H25ClN2O/c1-6-25-20-12-21(26-5)16(10-19(20)15(2)13-22(25,3)4)14-24-18-9-7-8-17(23)11-18/h7-14H,6H2,1-5H3. The number of halogens is 1. The molecular formula is C22H25ClN2O. The Balaban J connectivity index is 2.08. The molecule has 0 aliphatic carbocycles. The van der Waals surface area contributed by atoms with Gasteiger partial charge in [-0.1, -0.05) is 23.7 Å². The van der Waals surface area contributed by atoms with E-state index in [0.717, 1.165) is 23.5 Å². The SMILES string of the molecule is CCN1c2cc(OC)c(C=Nc3cccc(Cl)c3)cc2C(C)=CC1(C)C. The van der Waals surface area contributed by atoms with E-state index in [1.54, 1.807) is 7.11 Å². The highest BCUT2D eigenvalue weighted by molar-refractivity contribution is 6.30. The van der Waals surface area contributed by atoms with Crippen molar-refractivity contribution in [2.24, 2.45) is 4.99 Å². The number of anilines is 1. The van der Waals surface area contributed by atoms with E-state index in [9.17, 15) is 0 Å². The zero-order valence-electron chi connectivity index (χ0n) is 16.0. The molecular weight excluding hydrogens is 344 g/mol. The molecule has 0 atom stereocenters. The average Bonchev–Trinajstić information content (AvgIpc) is 2.59. The summed E-state index contributed by atoms with van der Waals surface area (Å²) in [6.07, 6.45) is 4.16. The summed E-state index contributed by atoms with van der Waals surface area (Å²) in [5, 5.41) is 0.677. The Kier molecular flexibility index (Phi) is 5.10. The number of ether oxygens (including phenoxy) is 1. The number of nitrogens with zero attached hydrogens (tertiary/aromatic N) is 2. The molecule has 4 heteroatoms. The molecule has 0 unspecified atom stereocenters. The lowest BCUT2D eigenvalue weighted by molar-refractivity contribution is 0.413. The predicted molar refractivity (Wildman–Crippen MR) is 112 cm³/mol. The van der Waals surface area contributed by atoms with Crippen molar-refractivity contribution in [3.8, 4) is 5.75 Å². The molecule has 0 saturated carbocycles. The maximum atomic E-state index is 6.05. The van der Waals surface area contributed by atoms with Crippen LogP contribution in [0.1, 0.15) is 38.8 Å². The minimum atomic E-state index is -0.0206. The van der Waals surface area contributed by atoms with Crippen LogP contribution in [0.3, 0.4) is 0 Å². The maximum Gasteiger partial charge on any atom is 0.129 e. The highest BCUT2D eigenvalue weighted by atomic mass is 35.5. The van der Waals surface area contributed by atoms with Gasteiger partial charge in [0.2, 0.25) is 0 Å². The number of aliphatic imine (C=N–C) groups is 1. The monoisotopic (exact) mass is 368 g/mol. The number of hydrogen-bond donors (Lipinski definition) is 0. The number of fused-ring (bicyclic) bond motifs is 1. The third-order valence-electron chi connectivity index (χ3n) is 4.81. The van der Waals surface area contributed by atoms with Gasteiger partial charge in [-0.3, -0.25) is 4.99 Å². The van der Waals surface area contributed by atoms with Crippen LogP contribution < -0.4 is 9.64 Å². The minimum absolute atomic E-state index is 0.0206. The third kappa shape index (κ3) is 3.49. The second kappa shape index (κ2) is 7.16. The van der Waals surface area contributed by atoms with Crippen LogP contribution in [0.25, 0.3) is 5.57 Å². The molecule has 2 aromatic rings. The topological polar surface area (TPSA) is 24.8 Å². The van der Waals surface area contributed by atoms with E-state index in [-0.39, 0.29) is 5.54 Å². The molecule has 3 rings (SSSR count). The highest BCUT2D eigenvalue weighted by Gasteiger charge is 2.31. The van der Waals surface area contributed by atoms with Gasteiger partial charge in [-0.25, -0.2) is 0 Å². The normalized spacial score (nSPS) is 15.8. The Morgan fingerprint density at radius 2 is 2.00 bits per heavy atom. The fourth-order valence-corrected chi connectivity index (χ4v) is 3.86. The Bertz CT molecular complexity index is 884. The van der Waals surface area contributed by atoms with Crippen LogP contribution in [0.15, 0.2) is 47.5 Å². The molecule has 3 nitrogen and oxygen atoms in total. The van der Waals surface area contributed by atoms with E-state index in [4.69, 9.17) is 16.3 Å². The fraction of sp³-hybridized carbons (Fsp3) is 0.318. The molecule has 0 bridgehead atoms. The van der Waals surface area contributed by atoms with Crippen LogP contribution in [0.5, 0.6) is 5.75 Å². The van der Waals surface area contributed by atoms with Crippen molar-refractivity contribution >= 4 is 34.8 Å². The molecule has 0 aromatic heterocycles. The molecule has 26 heavy (non-hydrogen) atoms. The average molecular weight is 369 g/mol. The van der Waals surface area contributed by atoms with Gasteiger partial charge in [0.15, 0.2) is 0 Å². The van der Waals surface area contributed by atoms with Crippen molar-refractivity contribution < 1.29 is 4.74 Å². The smallest absolute Gasteiger partial charge is 0.129 e. The van der Waals surface area contributed by atoms with Gasteiger partial charge in [-0.2, -0.15) is 0 Å². The Morgan fingerprint density at radius 1 is 1.23 bits per heavy atom. The molecule has 0 amide bonds. The van der Waals surface area contributed by atoms with Crippen molar-refractivity contribution in [1.82, 2.24) is 0 Å². The van der Waals surface area contributed by atoms with Gasteiger partial charge >= 0.3 is 0 Å². The second-order valence-corrected chi connectivity index (χ2v) is 7.51. The van der Waals surface area contributed by atoms with Crippen LogP contribution in [-0.4, -0.2) is 25.4 Å². The summed E-state index contributed by atoms with van der Waals surface area (Å²) in [4.78, 5) is 6.96. The quantitative estimate of drug-likeness (QED) is 0.607. The zero-order chi connectivity index (χ0) is 18.9. The molecule has 1 aliphatic rings. The van der Waals surface area contributed by atoms with Crippen molar-refractivity contribution in [2.75, 3.05) is 18.6 Å². The van der Waals surface area contributed by atoms with Gasteiger partial charge in [-0.05, 0) is 57.5 Å². The molecule has 0 fully saturated rings. The third-order valence-corrected chi connectivity index (χ3v) is 5.04. The first-order valence-electron chi connectivity index (χ1n) is 8.85. The Labute approximate surface area is 161 Å². The van der Waals surface area contributed by atoms with E-state index < -0.39 is 0 Å². The van der Waals surface area contributed by atoms with E-state index in [1.807, 2.05) is 30.5 Å². The van der Waals surface area contributed by atoms with Crippen molar-refractivity contribution in [3.63, 3.8) is 0 Å². The molecule has 1 aliphatic heterocycles. The summed E-state index contributed by atoms with van der Waals surface area (Å²) in [5.74, 6) is 0.818. The molecule has 0 N–H and O–H groups in total. The van der Waals surface area contributed by atoms with Crippen LogP contribution >= 0.6 is 11.6 Å². The van der Waals surface area contributed by atoms with Gasteiger partial charge in [-0.15, -0.1) is 0 Å². The van der Waals surface area contributed by atoms with Crippen LogP contribution in [0.2, 0.25) is 5.02 Å². The van der Waals surface area contributed by atoms with E-state index in [1.165, 1.54) is 16.8 Å². The summed E-state index contributed by atoms with van der Waals surface area (Å²) < 4.78 is 5.66. The molecule has 2 aromatic carbocycles.